The maximum absolute atomic E-state index is 11.1. The summed E-state index contributed by atoms with van der Waals surface area (Å²) in [6.07, 6.45) is 2.70. The Bertz CT molecular complexity index is 572. The summed E-state index contributed by atoms with van der Waals surface area (Å²) >= 11 is 0. The lowest BCUT2D eigenvalue weighted by atomic mass is 9.99. The standard InChI is InChI=1S/C12H13N3O2/c16-12(17)11-9-3-1-2-4-15(9)10(14-11)5-8-6-13-7-8/h1-4,8,13H,5-7H2,(H,16,17). The summed E-state index contributed by atoms with van der Waals surface area (Å²) in [5.74, 6) is 0.443. The van der Waals surface area contributed by atoms with Gasteiger partial charge in [-0.15, -0.1) is 0 Å². The molecule has 0 amide bonds. The Hall–Kier alpha value is -1.88. The molecule has 1 aliphatic heterocycles. The van der Waals surface area contributed by atoms with E-state index in [1.165, 1.54) is 0 Å². The van der Waals surface area contributed by atoms with Crippen LogP contribution in [0.5, 0.6) is 0 Å². The third-order valence-electron chi connectivity index (χ3n) is 3.16. The van der Waals surface area contributed by atoms with Crippen LogP contribution >= 0.6 is 0 Å². The van der Waals surface area contributed by atoms with E-state index in [4.69, 9.17) is 5.11 Å². The van der Waals surface area contributed by atoms with Gasteiger partial charge < -0.3 is 14.8 Å². The van der Waals surface area contributed by atoms with E-state index < -0.39 is 5.97 Å². The van der Waals surface area contributed by atoms with Gasteiger partial charge in [0.1, 0.15) is 5.82 Å². The Morgan fingerprint density at radius 1 is 1.53 bits per heavy atom. The number of fused-ring (bicyclic) bond motifs is 1. The lowest BCUT2D eigenvalue weighted by molar-refractivity contribution is 0.0693. The first-order valence-corrected chi connectivity index (χ1v) is 5.65. The van der Waals surface area contributed by atoms with Crippen molar-refractivity contribution >= 4 is 11.5 Å². The van der Waals surface area contributed by atoms with Crippen molar-refractivity contribution in [3.63, 3.8) is 0 Å². The second-order valence-corrected chi connectivity index (χ2v) is 4.37. The number of carbonyl (C=O) groups is 1. The van der Waals surface area contributed by atoms with Crippen LogP contribution in [-0.2, 0) is 6.42 Å². The minimum atomic E-state index is -0.966. The molecule has 0 unspecified atom stereocenters. The molecule has 17 heavy (non-hydrogen) atoms. The molecular formula is C12H13N3O2. The van der Waals surface area contributed by atoms with Crippen LogP contribution in [0.15, 0.2) is 24.4 Å². The average molecular weight is 231 g/mol. The van der Waals surface area contributed by atoms with E-state index in [0.29, 0.717) is 11.4 Å². The number of nitrogens with one attached hydrogen (secondary N) is 1. The molecular weight excluding hydrogens is 218 g/mol. The van der Waals surface area contributed by atoms with Gasteiger partial charge in [0.15, 0.2) is 5.69 Å². The zero-order chi connectivity index (χ0) is 11.8. The van der Waals surface area contributed by atoms with Crippen molar-refractivity contribution < 1.29 is 9.90 Å². The number of aromatic carboxylic acids is 1. The molecule has 3 heterocycles. The summed E-state index contributed by atoms with van der Waals surface area (Å²) in [6, 6.07) is 5.51. The summed E-state index contributed by atoms with van der Waals surface area (Å²) in [5.41, 5.74) is 0.815. The summed E-state index contributed by atoms with van der Waals surface area (Å²) in [5, 5.41) is 12.3. The molecule has 5 heteroatoms. The third kappa shape index (κ3) is 1.68. The topological polar surface area (TPSA) is 66.6 Å². The summed E-state index contributed by atoms with van der Waals surface area (Å²) in [6.45, 7) is 1.98. The van der Waals surface area contributed by atoms with Gasteiger partial charge in [-0.3, -0.25) is 0 Å². The molecule has 1 fully saturated rings. The van der Waals surface area contributed by atoms with Gasteiger partial charge in [0, 0.05) is 12.6 Å². The lowest BCUT2D eigenvalue weighted by Gasteiger charge is -2.26. The van der Waals surface area contributed by atoms with E-state index in [-0.39, 0.29) is 5.69 Å². The van der Waals surface area contributed by atoms with Crippen LogP contribution in [0.1, 0.15) is 16.3 Å². The molecule has 0 spiro atoms. The van der Waals surface area contributed by atoms with E-state index in [2.05, 4.69) is 10.3 Å². The van der Waals surface area contributed by atoms with Crippen molar-refractivity contribution in [1.82, 2.24) is 14.7 Å². The van der Waals surface area contributed by atoms with Gasteiger partial charge in [-0.25, -0.2) is 9.78 Å². The van der Waals surface area contributed by atoms with Crippen LogP contribution in [0.3, 0.4) is 0 Å². The second kappa shape index (κ2) is 3.85. The number of hydrogen-bond acceptors (Lipinski definition) is 3. The number of carboxylic acids is 1. The highest BCUT2D eigenvalue weighted by molar-refractivity contribution is 5.93. The number of imidazole rings is 1. The van der Waals surface area contributed by atoms with Crippen molar-refractivity contribution in [1.29, 1.82) is 0 Å². The zero-order valence-corrected chi connectivity index (χ0v) is 9.26. The number of hydrogen-bond donors (Lipinski definition) is 2. The largest absolute Gasteiger partial charge is 0.476 e. The number of pyridine rings is 1. The van der Waals surface area contributed by atoms with Crippen molar-refractivity contribution in [2.24, 2.45) is 5.92 Å². The smallest absolute Gasteiger partial charge is 0.356 e. The zero-order valence-electron chi connectivity index (χ0n) is 9.26. The van der Waals surface area contributed by atoms with Gasteiger partial charge in [-0.1, -0.05) is 6.07 Å². The molecule has 5 nitrogen and oxygen atoms in total. The predicted octanol–water partition coefficient (Wildman–Crippen LogP) is 0.794. The molecule has 1 aliphatic rings. The van der Waals surface area contributed by atoms with Crippen LogP contribution in [0.4, 0.5) is 0 Å². The molecule has 0 aliphatic carbocycles. The van der Waals surface area contributed by atoms with Crippen molar-refractivity contribution in [2.45, 2.75) is 6.42 Å². The van der Waals surface area contributed by atoms with Crippen LogP contribution in [0.25, 0.3) is 5.52 Å². The fraction of sp³-hybridized carbons (Fsp3) is 0.333. The molecule has 0 saturated carbocycles. The molecule has 2 N–H and O–H groups in total. The van der Waals surface area contributed by atoms with Gasteiger partial charge >= 0.3 is 5.97 Å². The van der Waals surface area contributed by atoms with Gasteiger partial charge in [0.25, 0.3) is 0 Å². The Morgan fingerprint density at radius 2 is 2.35 bits per heavy atom. The number of carboxylic acid groups (broad SMARTS) is 1. The van der Waals surface area contributed by atoms with E-state index in [1.807, 2.05) is 22.7 Å². The Labute approximate surface area is 98.1 Å². The summed E-state index contributed by atoms with van der Waals surface area (Å²) in [4.78, 5) is 15.4. The van der Waals surface area contributed by atoms with Gasteiger partial charge in [-0.05, 0) is 31.1 Å². The average Bonchev–Trinajstić information content (AvgIpc) is 2.63. The van der Waals surface area contributed by atoms with Gasteiger partial charge in [0.05, 0.1) is 5.52 Å². The predicted molar refractivity (Wildman–Crippen MR) is 62.2 cm³/mol. The van der Waals surface area contributed by atoms with Crippen LogP contribution in [0.2, 0.25) is 0 Å². The Kier molecular flexibility index (Phi) is 2.33. The monoisotopic (exact) mass is 231 g/mol. The second-order valence-electron chi connectivity index (χ2n) is 4.37. The first-order chi connectivity index (χ1) is 8.25. The minimum Gasteiger partial charge on any atom is -0.476 e. The molecule has 2 aromatic rings. The number of nitrogens with zero attached hydrogens (tertiary/aromatic N) is 2. The molecule has 88 valence electrons. The first kappa shape index (κ1) is 10.3. The first-order valence-electron chi connectivity index (χ1n) is 5.65. The summed E-state index contributed by atoms with van der Waals surface area (Å²) < 4.78 is 1.88. The highest BCUT2D eigenvalue weighted by atomic mass is 16.4. The SMILES string of the molecule is O=C(O)c1nc(CC2CNC2)n2ccccc12. The van der Waals surface area contributed by atoms with Gasteiger partial charge in [-0.2, -0.15) is 0 Å². The molecule has 2 aromatic heterocycles. The summed E-state index contributed by atoms with van der Waals surface area (Å²) in [7, 11) is 0. The molecule has 0 aromatic carbocycles. The molecule has 0 bridgehead atoms. The van der Waals surface area contributed by atoms with Crippen LogP contribution in [0, 0.1) is 5.92 Å². The number of aromatic nitrogens is 2. The maximum atomic E-state index is 11.1. The minimum absolute atomic E-state index is 0.146. The van der Waals surface area contributed by atoms with E-state index >= 15 is 0 Å². The highest BCUT2D eigenvalue weighted by Crippen LogP contribution is 2.17. The van der Waals surface area contributed by atoms with Gasteiger partial charge in [0.2, 0.25) is 0 Å². The van der Waals surface area contributed by atoms with Crippen molar-refractivity contribution in [3.05, 3.63) is 35.9 Å². The molecule has 0 atom stereocenters. The van der Waals surface area contributed by atoms with E-state index in [1.54, 1.807) is 6.07 Å². The fourth-order valence-corrected chi connectivity index (χ4v) is 2.15. The van der Waals surface area contributed by atoms with Crippen LogP contribution < -0.4 is 5.32 Å². The fourth-order valence-electron chi connectivity index (χ4n) is 2.15. The Morgan fingerprint density at radius 3 is 3.00 bits per heavy atom. The van der Waals surface area contributed by atoms with Crippen molar-refractivity contribution in [3.8, 4) is 0 Å². The molecule has 0 radical (unpaired) electrons. The number of rotatable bonds is 3. The lowest BCUT2D eigenvalue weighted by Crippen LogP contribution is -2.43. The third-order valence-corrected chi connectivity index (χ3v) is 3.16. The van der Waals surface area contributed by atoms with E-state index in [9.17, 15) is 4.79 Å². The molecule has 1 saturated heterocycles. The molecule has 3 rings (SSSR count). The maximum Gasteiger partial charge on any atom is 0.356 e. The Balaban J connectivity index is 2.07. The van der Waals surface area contributed by atoms with Crippen LogP contribution in [-0.4, -0.2) is 33.6 Å². The quantitative estimate of drug-likeness (QED) is 0.819. The van der Waals surface area contributed by atoms with E-state index in [0.717, 1.165) is 25.3 Å². The highest BCUT2D eigenvalue weighted by Gasteiger charge is 2.22. The normalized spacial score (nSPS) is 16.0. The van der Waals surface area contributed by atoms with Crippen molar-refractivity contribution in [2.75, 3.05) is 13.1 Å².